The Morgan fingerprint density at radius 2 is 2.05 bits per heavy atom. The predicted octanol–water partition coefficient (Wildman–Crippen LogP) is 1.57. The topological polar surface area (TPSA) is 64.8 Å². The summed E-state index contributed by atoms with van der Waals surface area (Å²) in [5.74, 6) is 1.29. The highest BCUT2D eigenvalue weighted by molar-refractivity contribution is 5.75. The number of hydrogen-bond donors (Lipinski definition) is 1. The third-order valence-electron chi connectivity index (χ3n) is 2.79. The number of rotatable bonds is 6. The summed E-state index contributed by atoms with van der Waals surface area (Å²) in [5, 5.41) is 0. The van der Waals surface area contributed by atoms with Crippen molar-refractivity contribution in [3.05, 3.63) is 23.8 Å². The van der Waals surface area contributed by atoms with E-state index in [-0.39, 0.29) is 11.9 Å². The fourth-order valence-electron chi connectivity index (χ4n) is 1.56. The monoisotopic (exact) mass is 266 g/mol. The van der Waals surface area contributed by atoms with Gasteiger partial charge in [0.15, 0.2) is 11.5 Å². The maximum Gasteiger partial charge on any atom is 0.225 e. The van der Waals surface area contributed by atoms with Crippen LogP contribution in [0.5, 0.6) is 11.5 Å². The van der Waals surface area contributed by atoms with Gasteiger partial charge in [-0.2, -0.15) is 0 Å². The summed E-state index contributed by atoms with van der Waals surface area (Å²) < 4.78 is 10.8. The van der Waals surface area contributed by atoms with Crippen LogP contribution in [-0.4, -0.2) is 38.6 Å². The number of carbonyl (C=O) groups excluding carboxylic acids is 1. The highest BCUT2D eigenvalue weighted by Gasteiger charge is 2.09. The van der Waals surface area contributed by atoms with Crippen LogP contribution in [0.1, 0.15) is 24.9 Å². The molecule has 2 N–H and O–H groups in total. The van der Waals surface area contributed by atoms with Gasteiger partial charge < -0.3 is 20.1 Å². The minimum atomic E-state index is -0.0572. The SMILES string of the molecule is COc1cc([C@H](C)N)ccc1OCCC(=O)N(C)C. The van der Waals surface area contributed by atoms with E-state index >= 15 is 0 Å². The van der Waals surface area contributed by atoms with Gasteiger partial charge in [0.2, 0.25) is 5.91 Å². The number of hydrogen-bond acceptors (Lipinski definition) is 4. The first-order valence-electron chi connectivity index (χ1n) is 6.22. The molecule has 19 heavy (non-hydrogen) atoms. The molecule has 0 bridgehead atoms. The Morgan fingerprint density at radius 1 is 1.37 bits per heavy atom. The smallest absolute Gasteiger partial charge is 0.225 e. The van der Waals surface area contributed by atoms with E-state index in [2.05, 4.69) is 0 Å². The molecule has 0 spiro atoms. The average molecular weight is 266 g/mol. The lowest BCUT2D eigenvalue weighted by Crippen LogP contribution is -2.23. The number of ether oxygens (including phenoxy) is 2. The Bertz CT molecular complexity index is 431. The highest BCUT2D eigenvalue weighted by atomic mass is 16.5. The van der Waals surface area contributed by atoms with Crippen LogP contribution in [0.3, 0.4) is 0 Å². The molecule has 0 unspecified atom stereocenters. The molecule has 0 saturated heterocycles. The molecule has 106 valence electrons. The molecule has 0 radical (unpaired) electrons. The van der Waals surface area contributed by atoms with Crippen LogP contribution in [0.25, 0.3) is 0 Å². The van der Waals surface area contributed by atoms with Crippen molar-refractivity contribution >= 4 is 5.91 Å². The van der Waals surface area contributed by atoms with Crippen LogP contribution in [0, 0.1) is 0 Å². The van der Waals surface area contributed by atoms with Gasteiger partial charge in [0.1, 0.15) is 0 Å². The Hall–Kier alpha value is -1.75. The molecule has 0 aromatic heterocycles. The molecule has 0 fully saturated rings. The van der Waals surface area contributed by atoms with Crippen LogP contribution < -0.4 is 15.2 Å². The van der Waals surface area contributed by atoms with Crippen molar-refractivity contribution in [1.29, 1.82) is 0 Å². The number of methoxy groups -OCH3 is 1. The molecule has 0 heterocycles. The second kappa shape index (κ2) is 6.99. The van der Waals surface area contributed by atoms with Crippen molar-refractivity contribution in [2.45, 2.75) is 19.4 Å². The van der Waals surface area contributed by atoms with Crippen molar-refractivity contribution in [3.8, 4) is 11.5 Å². The maximum absolute atomic E-state index is 11.4. The second-order valence-electron chi connectivity index (χ2n) is 4.59. The minimum Gasteiger partial charge on any atom is -0.493 e. The normalized spacial score (nSPS) is 11.8. The fourth-order valence-corrected chi connectivity index (χ4v) is 1.56. The lowest BCUT2D eigenvalue weighted by atomic mass is 10.1. The Morgan fingerprint density at radius 3 is 2.58 bits per heavy atom. The van der Waals surface area contributed by atoms with E-state index in [0.717, 1.165) is 5.56 Å². The summed E-state index contributed by atoms with van der Waals surface area (Å²) in [5.41, 5.74) is 6.79. The molecule has 0 aliphatic heterocycles. The third-order valence-corrected chi connectivity index (χ3v) is 2.79. The van der Waals surface area contributed by atoms with Crippen LogP contribution in [0.4, 0.5) is 0 Å². The van der Waals surface area contributed by atoms with Crippen molar-refractivity contribution in [2.24, 2.45) is 5.73 Å². The Labute approximate surface area is 114 Å². The number of amides is 1. The number of benzene rings is 1. The Balaban J connectivity index is 2.65. The Kier molecular flexibility index (Phi) is 5.63. The molecule has 1 amide bonds. The van der Waals surface area contributed by atoms with Gasteiger partial charge in [-0.05, 0) is 24.6 Å². The van der Waals surface area contributed by atoms with Gasteiger partial charge in [-0.3, -0.25) is 4.79 Å². The van der Waals surface area contributed by atoms with Gasteiger partial charge in [-0.25, -0.2) is 0 Å². The molecule has 0 aliphatic carbocycles. The lowest BCUT2D eigenvalue weighted by Gasteiger charge is -2.14. The summed E-state index contributed by atoms with van der Waals surface area (Å²) in [6.07, 6.45) is 0.338. The van der Waals surface area contributed by atoms with Crippen LogP contribution in [0.15, 0.2) is 18.2 Å². The van der Waals surface area contributed by atoms with E-state index in [4.69, 9.17) is 15.2 Å². The van der Waals surface area contributed by atoms with Crippen LogP contribution in [-0.2, 0) is 4.79 Å². The average Bonchev–Trinajstić information content (AvgIpc) is 2.38. The van der Waals surface area contributed by atoms with Crippen molar-refractivity contribution in [3.63, 3.8) is 0 Å². The zero-order valence-corrected chi connectivity index (χ0v) is 12.0. The van der Waals surface area contributed by atoms with Crippen molar-refractivity contribution in [1.82, 2.24) is 4.90 Å². The first-order chi connectivity index (χ1) is 8.95. The zero-order valence-electron chi connectivity index (χ0n) is 12.0. The number of nitrogens with zero attached hydrogens (tertiary/aromatic N) is 1. The first kappa shape index (κ1) is 15.3. The van der Waals surface area contributed by atoms with Crippen LogP contribution >= 0.6 is 0 Å². The van der Waals surface area contributed by atoms with E-state index in [1.165, 1.54) is 0 Å². The van der Waals surface area contributed by atoms with E-state index in [9.17, 15) is 4.79 Å². The van der Waals surface area contributed by atoms with Gasteiger partial charge >= 0.3 is 0 Å². The van der Waals surface area contributed by atoms with Crippen molar-refractivity contribution < 1.29 is 14.3 Å². The van der Waals surface area contributed by atoms with Gasteiger partial charge in [-0.15, -0.1) is 0 Å². The van der Waals surface area contributed by atoms with E-state index in [1.807, 2.05) is 25.1 Å². The standard InChI is InChI=1S/C14H22N2O3/c1-10(15)11-5-6-12(13(9-11)18-4)19-8-7-14(17)16(2)3/h5-6,9-10H,7-8,15H2,1-4H3/t10-/m0/s1. The summed E-state index contributed by atoms with van der Waals surface area (Å²) in [7, 11) is 5.03. The van der Waals surface area contributed by atoms with Gasteiger partial charge in [0.25, 0.3) is 0 Å². The molecule has 1 atom stereocenters. The van der Waals surface area contributed by atoms with Gasteiger partial charge in [-0.1, -0.05) is 6.07 Å². The molecule has 1 aromatic rings. The molecule has 1 rings (SSSR count). The van der Waals surface area contributed by atoms with Crippen molar-refractivity contribution in [2.75, 3.05) is 27.8 Å². The summed E-state index contributed by atoms with van der Waals surface area (Å²) in [6, 6.07) is 5.51. The molecular weight excluding hydrogens is 244 g/mol. The molecule has 5 nitrogen and oxygen atoms in total. The molecule has 1 aromatic carbocycles. The number of nitrogens with two attached hydrogens (primary N) is 1. The second-order valence-corrected chi connectivity index (χ2v) is 4.59. The molecule has 0 saturated carbocycles. The third kappa shape index (κ3) is 4.44. The van der Waals surface area contributed by atoms with Gasteiger partial charge in [0.05, 0.1) is 20.1 Å². The fraction of sp³-hybridized carbons (Fsp3) is 0.500. The van der Waals surface area contributed by atoms with Gasteiger partial charge in [0, 0.05) is 20.1 Å². The summed E-state index contributed by atoms with van der Waals surface area (Å²) in [4.78, 5) is 13.0. The van der Waals surface area contributed by atoms with E-state index in [1.54, 1.807) is 26.1 Å². The molecular formula is C14H22N2O3. The van der Waals surface area contributed by atoms with Crippen LogP contribution in [0.2, 0.25) is 0 Å². The van der Waals surface area contributed by atoms with E-state index in [0.29, 0.717) is 24.5 Å². The lowest BCUT2D eigenvalue weighted by molar-refractivity contribution is -0.129. The quantitative estimate of drug-likeness (QED) is 0.849. The highest BCUT2D eigenvalue weighted by Crippen LogP contribution is 2.29. The molecule has 5 heteroatoms. The summed E-state index contributed by atoms with van der Waals surface area (Å²) >= 11 is 0. The largest absolute Gasteiger partial charge is 0.493 e. The minimum absolute atomic E-state index is 0.0335. The molecule has 0 aliphatic rings. The van der Waals surface area contributed by atoms with E-state index < -0.39 is 0 Å². The predicted molar refractivity (Wildman–Crippen MR) is 74.4 cm³/mol. The maximum atomic E-state index is 11.4. The summed E-state index contributed by atoms with van der Waals surface area (Å²) in [6.45, 7) is 2.23. The zero-order chi connectivity index (χ0) is 14.4. The first-order valence-corrected chi connectivity index (χ1v) is 6.22. The number of carbonyl (C=O) groups is 1.